The standard InChI is InChI=1S/C12H22N4/c1-10(16-5-3-4-6-16)7-13-8-12-9-14-11(2)15-12/h9-10,13H,3-8H2,1-2H3,(H,14,15). The van der Waals surface area contributed by atoms with E-state index in [-0.39, 0.29) is 0 Å². The maximum absolute atomic E-state index is 4.19. The Kier molecular flexibility index (Phi) is 3.96. The molecule has 1 aromatic rings. The van der Waals surface area contributed by atoms with E-state index in [9.17, 15) is 0 Å². The zero-order valence-electron chi connectivity index (χ0n) is 10.3. The molecule has 2 rings (SSSR count). The largest absolute Gasteiger partial charge is 0.345 e. The molecular formula is C12H22N4. The molecule has 1 fully saturated rings. The van der Waals surface area contributed by atoms with Gasteiger partial charge in [0, 0.05) is 31.0 Å². The second-order valence-electron chi connectivity index (χ2n) is 4.72. The van der Waals surface area contributed by atoms with Crippen molar-refractivity contribution in [1.82, 2.24) is 20.2 Å². The lowest BCUT2D eigenvalue weighted by Crippen LogP contribution is -2.38. The molecule has 16 heavy (non-hydrogen) atoms. The summed E-state index contributed by atoms with van der Waals surface area (Å²) in [7, 11) is 0. The van der Waals surface area contributed by atoms with E-state index in [1.807, 2.05) is 13.1 Å². The molecular weight excluding hydrogens is 200 g/mol. The van der Waals surface area contributed by atoms with E-state index in [0.29, 0.717) is 6.04 Å². The van der Waals surface area contributed by atoms with Crippen molar-refractivity contribution in [3.63, 3.8) is 0 Å². The Morgan fingerprint density at radius 1 is 1.50 bits per heavy atom. The highest BCUT2D eigenvalue weighted by molar-refractivity contribution is 4.99. The average Bonchev–Trinajstić information content (AvgIpc) is 2.89. The number of hydrogen-bond acceptors (Lipinski definition) is 3. The summed E-state index contributed by atoms with van der Waals surface area (Å²) in [5.74, 6) is 0.990. The second-order valence-corrected chi connectivity index (χ2v) is 4.72. The fourth-order valence-corrected chi connectivity index (χ4v) is 2.29. The van der Waals surface area contributed by atoms with Gasteiger partial charge in [0.15, 0.2) is 0 Å². The van der Waals surface area contributed by atoms with Gasteiger partial charge in [-0.15, -0.1) is 0 Å². The molecule has 1 aliphatic rings. The van der Waals surface area contributed by atoms with Crippen molar-refractivity contribution in [1.29, 1.82) is 0 Å². The van der Waals surface area contributed by atoms with Crippen LogP contribution in [-0.4, -0.2) is 40.5 Å². The number of likely N-dealkylation sites (tertiary alicyclic amines) is 1. The summed E-state index contributed by atoms with van der Waals surface area (Å²) >= 11 is 0. The number of hydrogen-bond donors (Lipinski definition) is 2. The number of nitrogens with one attached hydrogen (secondary N) is 2. The Morgan fingerprint density at radius 3 is 2.88 bits per heavy atom. The molecule has 0 bridgehead atoms. The monoisotopic (exact) mass is 222 g/mol. The molecule has 0 aromatic carbocycles. The minimum absolute atomic E-state index is 0.645. The van der Waals surface area contributed by atoms with Crippen molar-refractivity contribution in [3.05, 3.63) is 17.7 Å². The zero-order chi connectivity index (χ0) is 11.4. The van der Waals surface area contributed by atoms with E-state index in [1.54, 1.807) is 0 Å². The molecule has 1 atom stereocenters. The number of rotatable bonds is 5. The Morgan fingerprint density at radius 2 is 2.25 bits per heavy atom. The summed E-state index contributed by atoms with van der Waals surface area (Å²) < 4.78 is 0. The highest BCUT2D eigenvalue weighted by Crippen LogP contribution is 2.10. The van der Waals surface area contributed by atoms with E-state index in [4.69, 9.17) is 0 Å². The van der Waals surface area contributed by atoms with Crippen molar-refractivity contribution < 1.29 is 0 Å². The molecule has 0 radical (unpaired) electrons. The SMILES string of the molecule is Cc1ncc(CNCC(C)N2CCCC2)[nH]1. The normalized spacial score (nSPS) is 19.1. The first-order valence-electron chi connectivity index (χ1n) is 6.21. The lowest BCUT2D eigenvalue weighted by molar-refractivity contribution is 0.251. The topological polar surface area (TPSA) is 44.0 Å². The molecule has 2 heterocycles. The summed E-state index contributed by atoms with van der Waals surface area (Å²) in [4.78, 5) is 9.98. The van der Waals surface area contributed by atoms with Crippen LogP contribution in [0, 0.1) is 6.92 Å². The minimum atomic E-state index is 0.645. The number of imidazole rings is 1. The number of aromatic amines is 1. The van der Waals surface area contributed by atoms with Gasteiger partial charge in [-0.1, -0.05) is 0 Å². The molecule has 4 heteroatoms. The van der Waals surface area contributed by atoms with Gasteiger partial charge in [0.05, 0.1) is 0 Å². The van der Waals surface area contributed by atoms with Crippen molar-refractivity contribution in [2.24, 2.45) is 0 Å². The van der Waals surface area contributed by atoms with Crippen molar-refractivity contribution in [2.75, 3.05) is 19.6 Å². The lowest BCUT2D eigenvalue weighted by Gasteiger charge is -2.23. The third-order valence-electron chi connectivity index (χ3n) is 3.27. The van der Waals surface area contributed by atoms with Gasteiger partial charge in [-0.05, 0) is 39.8 Å². The average molecular weight is 222 g/mol. The van der Waals surface area contributed by atoms with Crippen LogP contribution in [0.4, 0.5) is 0 Å². The van der Waals surface area contributed by atoms with Gasteiger partial charge < -0.3 is 10.3 Å². The fourth-order valence-electron chi connectivity index (χ4n) is 2.29. The van der Waals surface area contributed by atoms with Gasteiger partial charge in [-0.2, -0.15) is 0 Å². The maximum atomic E-state index is 4.19. The van der Waals surface area contributed by atoms with E-state index in [2.05, 4.69) is 27.1 Å². The molecule has 4 nitrogen and oxygen atoms in total. The first kappa shape index (κ1) is 11.6. The van der Waals surface area contributed by atoms with Gasteiger partial charge in [0.2, 0.25) is 0 Å². The van der Waals surface area contributed by atoms with Crippen molar-refractivity contribution in [2.45, 2.75) is 39.3 Å². The number of aryl methyl sites for hydroxylation is 1. The molecule has 90 valence electrons. The van der Waals surface area contributed by atoms with Crippen LogP contribution >= 0.6 is 0 Å². The summed E-state index contributed by atoms with van der Waals surface area (Å²) in [6, 6.07) is 0.645. The first-order valence-corrected chi connectivity index (χ1v) is 6.21. The van der Waals surface area contributed by atoms with Crippen LogP contribution in [0.2, 0.25) is 0 Å². The Hall–Kier alpha value is -0.870. The third-order valence-corrected chi connectivity index (χ3v) is 3.27. The van der Waals surface area contributed by atoms with Crippen LogP contribution in [0.3, 0.4) is 0 Å². The highest BCUT2D eigenvalue weighted by atomic mass is 15.2. The Labute approximate surface area is 97.4 Å². The summed E-state index contributed by atoms with van der Waals surface area (Å²) in [6.07, 6.45) is 4.64. The number of aromatic nitrogens is 2. The lowest BCUT2D eigenvalue weighted by atomic mass is 10.3. The van der Waals surface area contributed by atoms with E-state index in [1.165, 1.54) is 31.6 Å². The molecule has 0 amide bonds. The van der Waals surface area contributed by atoms with Crippen LogP contribution in [-0.2, 0) is 6.54 Å². The molecule has 2 N–H and O–H groups in total. The van der Waals surface area contributed by atoms with Gasteiger partial charge in [0.1, 0.15) is 5.82 Å². The van der Waals surface area contributed by atoms with Crippen LogP contribution in [0.5, 0.6) is 0 Å². The van der Waals surface area contributed by atoms with Crippen LogP contribution < -0.4 is 5.32 Å². The Bertz CT molecular complexity index is 315. The van der Waals surface area contributed by atoms with Crippen LogP contribution in [0.1, 0.15) is 31.3 Å². The van der Waals surface area contributed by atoms with E-state index in [0.717, 1.165) is 18.9 Å². The predicted octanol–water partition coefficient (Wildman–Crippen LogP) is 1.29. The molecule has 1 aromatic heterocycles. The molecule has 1 saturated heterocycles. The highest BCUT2D eigenvalue weighted by Gasteiger charge is 2.17. The van der Waals surface area contributed by atoms with Crippen molar-refractivity contribution in [3.8, 4) is 0 Å². The second kappa shape index (κ2) is 5.46. The van der Waals surface area contributed by atoms with Gasteiger partial charge in [0.25, 0.3) is 0 Å². The number of nitrogens with zero attached hydrogens (tertiary/aromatic N) is 2. The van der Waals surface area contributed by atoms with Crippen molar-refractivity contribution >= 4 is 0 Å². The smallest absolute Gasteiger partial charge is 0.103 e. The summed E-state index contributed by atoms with van der Waals surface area (Å²) in [5.41, 5.74) is 1.17. The number of H-pyrrole nitrogens is 1. The van der Waals surface area contributed by atoms with E-state index >= 15 is 0 Å². The van der Waals surface area contributed by atoms with Gasteiger partial charge >= 0.3 is 0 Å². The minimum Gasteiger partial charge on any atom is -0.345 e. The van der Waals surface area contributed by atoms with Gasteiger partial charge in [-0.3, -0.25) is 4.90 Å². The van der Waals surface area contributed by atoms with E-state index < -0.39 is 0 Å². The fraction of sp³-hybridized carbons (Fsp3) is 0.750. The predicted molar refractivity (Wildman–Crippen MR) is 65.3 cm³/mol. The third kappa shape index (κ3) is 3.06. The molecule has 1 aliphatic heterocycles. The molecule has 0 spiro atoms. The zero-order valence-corrected chi connectivity index (χ0v) is 10.3. The molecule has 0 aliphatic carbocycles. The molecule has 0 saturated carbocycles. The quantitative estimate of drug-likeness (QED) is 0.789. The first-order chi connectivity index (χ1) is 7.75. The van der Waals surface area contributed by atoms with Crippen LogP contribution in [0.25, 0.3) is 0 Å². The van der Waals surface area contributed by atoms with Gasteiger partial charge in [-0.25, -0.2) is 4.98 Å². The van der Waals surface area contributed by atoms with Crippen LogP contribution in [0.15, 0.2) is 6.20 Å². The Balaban J connectivity index is 1.67. The molecule has 1 unspecified atom stereocenters. The summed E-state index contributed by atoms with van der Waals surface area (Å²) in [5, 5.41) is 3.48. The summed E-state index contributed by atoms with van der Waals surface area (Å²) in [6.45, 7) is 8.77. The maximum Gasteiger partial charge on any atom is 0.103 e.